The van der Waals surface area contributed by atoms with Gasteiger partial charge in [-0.2, -0.15) is 0 Å². The monoisotopic (exact) mass is 468 g/mol. The Hall–Kier alpha value is -3.24. The van der Waals surface area contributed by atoms with Gasteiger partial charge in [0.1, 0.15) is 0 Å². The lowest BCUT2D eigenvalue weighted by Gasteiger charge is -2.30. The maximum Gasteiger partial charge on any atom is 0.255 e. The van der Waals surface area contributed by atoms with Crippen LogP contribution in [0.1, 0.15) is 77.9 Å². The molecule has 35 heavy (non-hydrogen) atoms. The Balaban J connectivity index is 1.40. The highest BCUT2D eigenvalue weighted by molar-refractivity contribution is 6.10. The quantitative estimate of drug-likeness (QED) is 0.410. The van der Waals surface area contributed by atoms with Gasteiger partial charge in [0.25, 0.3) is 5.91 Å². The van der Waals surface area contributed by atoms with Gasteiger partial charge in [0, 0.05) is 35.5 Å². The Bertz CT molecular complexity index is 1170. The highest BCUT2D eigenvalue weighted by Crippen LogP contribution is 2.24. The first-order chi connectivity index (χ1) is 16.7. The second-order valence-electron chi connectivity index (χ2n) is 10.9. The van der Waals surface area contributed by atoms with Crippen molar-refractivity contribution < 1.29 is 9.59 Å². The second kappa shape index (κ2) is 10.6. The first kappa shape index (κ1) is 24.9. The molecular formula is C31H36N2O2. The van der Waals surface area contributed by atoms with E-state index in [0.29, 0.717) is 22.4 Å². The number of piperidine rings is 1. The molecule has 0 spiro atoms. The lowest BCUT2D eigenvalue weighted by molar-refractivity contribution is 0.102. The number of carbonyl (C=O) groups is 2. The zero-order chi connectivity index (χ0) is 25.0. The van der Waals surface area contributed by atoms with Crippen LogP contribution < -0.4 is 5.32 Å². The molecule has 1 heterocycles. The van der Waals surface area contributed by atoms with Gasteiger partial charge in [-0.15, -0.1) is 0 Å². The maximum atomic E-state index is 13.0. The van der Waals surface area contributed by atoms with Crippen molar-refractivity contribution in [2.45, 2.75) is 52.5 Å². The molecule has 182 valence electrons. The van der Waals surface area contributed by atoms with Gasteiger partial charge in [-0.3, -0.25) is 14.5 Å². The van der Waals surface area contributed by atoms with Crippen LogP contribution in [0.25, 0.3) is 0 Å². The zero-order valence-corrected chi connectivity index (χ0v) is 21.3. The number of carbonyl (C=O) groups excluding carboxylic acids is 2. The van der Waals surface area contributed by atoms with Gasteiger partial charge in [0.2, 0.25) is 0 Å². The van der Waals surface area contributed by atoms with Crippen LogP contribution in [0.4, 0.5) is 5.69 Å². The molecular weight excluding hydrogens is 432 g/mol. The Morgan fingerprint density at radius 2 is 1.60 bits per heavy atom. The molecule has 0 bridgehead atoms. The molecule has 1 aliphatic rings. The molecule has 3 aromatic rings. The van der Waals surface area contributed by atoms with E-state index in [1.807, 2.05) is 54.6 Å². The van der Waals surface area contributed by atoms with Crippen LogP contribution in [-0.2, 0) is 12.0 Å². The Labute approximate surface area is 209 Å². The van der Waals surface area contributed by atoms with Crippen LogP contribution in [0, 0.1) is 5.92 Å². The number of ketones is 1. The number of anilines is 1. The van der Waals surface area contributed by atoms with Gasteiger partial charge in [-0.05, 0) is 66.1 Å². The summed E-state index contributed by atoms with van der Waals surface area (Å²) >= 11 is 0. The molecule has 0 aliphatic carbocycles. The molecule has 0 saturated carbocycles. The molecule has 0 unspecified atom stereocenters. The summed E-state index contributed by atoms with van der Waals surface area (Å²) in [5.74, 6) is 0.513. The number of amides is 1. The molecule has 3 aromatic carbocycles. The smallest absolute Gasteiger partial charge is 0.255 e. The summed E-state index contributed by atoms with van der Waals surface area (Å²) in [5.41, 5.74) is 4.86. The third kappa shape index (κ3) is 6.46. The Kier molecular flexibility index (Phi) is 7.51. The molecule has 4 rings (SSSR count). The summed E-state index contributed by atoms with van der Waals surface area (Å²) in [6.45, 7) is 12.0. The fourth-order valence-electron chi connectivity index (χ4n) is 4.68. The van der Waals surface area contributed by atoms with E-state index in [0.717, 1.165) is 25.6 Å². The second-order valence-corrected chi connectivity index (χ2v) is 10.9. The van der Waals surface area contributed by atoms with Crippen molar-refractivity contribution in [1.82, 2.24) is 4.90 Å². The van der Waals surface area contributed by atoms with Crippen LogP contribution in [0.3, 0.4) is 0 Å². The minimum absolute atomic E-state index is 0.0378. The predicted molar refractivity (Wildman–Crippen MR) is 143 cm³/mol. The molecule has 0 aromatic heterocycles. The fourth-order valence-corrected chi connectivity index (χ4v) is 4.68. The normalized spacial score (nSPS) is 16.6. The fraction of sp³-hybridized carbons (Fsp3) is 0.355. The Morgan fingerprint density at radius 1 is 0.914 bits per heavy atom. The summed E-state index contributed by atoms with van der Waals surface area (Å²) in [6.07, 6.45) is 2.57. The molecule has 1 saturated heterocycles. The van der Waals surface area contributed by atoms with E-state index in [1.165, 1.54) is 24.0 Å². The summed E-state index contributed by atoms with van der Waals surface area (Å²) in [5, 5.41) is 2.94. The van der Waals surface area contributed by atoms with Crippen molar-refractivity contribution in [3.05, 3.63) is 101 Å². The number of benzene rings is 3. The van der Waals surface area contributed by atoms with Crippen LogP contribution in [0.5, 0.6) is 0 Å². The molecule has 1 atom stereocenters. The third-order valence-corrected chi connectivity index (χ3v) is 6.76. The molecule has 4 nitrogen and oxygen atoms in total. The molecule has 1 fully saturated rings. The van der Waals surface area contributed by atoms with Gasteiger partial charge in [-0.1, -0.05) is 76.2 Å². The average molecular weight is 469 g/mol. The van der Waals surface area contributed by atoms with Crippen LogP contribution in [0.2, 0.25) is 0 Å². The topological polar surface area (TPSA) is 49.4 Å². The van der Waals surface area contributed by atoms with E-state index in [2.05, 4.69) is 37.9 Å². The molecule has 1 aliphatic heterocycles. The van der Waals surface area contributed by atoms with E-state index in [-0.39, 0.29) is 17.1 Å². The van der Waals surface area contributed by atoms with Crippen molar-refractivity contribution in [1.29, 1.82) is 0 Å². The van der Waals surface area contributed by atoms with Crippen LogP contribution in [-0.4, -0.2) is 29.7 Å². The molecule has 4 heteroatoms. The minimum atomic E-state index is -0.178. The first-order valence-electron chi connectivity index (χ1n) is 12.6. The van der Waals surface area contributed by atoms with Crippen molar-refractivity contribution in [3.63, 3.8) is 0 Å². The van der Waals surface area contributed by atoms with E-state index in [9.17, 15) is 9.59 Å². The van der Waals surface area contributed by atoms with E-state index in [1.54, 1.807) is 18.2 Å². The number of nitrogens with one attached hydrogen (secondary N) is 1. The van der Waals surface area contributed by atoms with E-state index in [4.69, 9.17) is 0 Å². The van der Waals surface area contributed by atoms with Crippen LogP contribution >= 0.6 is 0 Å². The number of likely N-dealkylation sites (tertiary alicyclic amines) is 1. The van der Waals surface area contributed by atoms with Crippen molar-refractivity contribution in [3.8, 4) is 0 Å². The van der Waals surface area contributed by atoms with Crippen molar-refractivity contribution >= 4 is 17.4 Å². The lowest BCUT2D eigenvalue weighted by Crippen LogP contribution is -2.33. The minimum Gasteiger partial charge on any atom is -0.322 e. The van der Waals surface area contributed by atoms with Gasteiger partial charge in [0.15, 0.2) is 5.78 Å². The number of rotatable bonds is 6. The highest BCUT2D eigenvalue weighted by Gasteiger charge is 2.17. The van der Waals surface area contributed by atoms with Gasteiger partial charge in [-0.25, -0.2) is 0 Å². The largest absolute Gasteiger partial charge is 0.322 e. The summed E-state index contributed by atoms with van der Waals surface area (Å²) < 4.78 is 0. The van der Waals surface area contributed by atoms with Crippen LogP contribution in [0.15, 0.2) is 72.8 Å². The SMILES string of the molecule is C[C@H]1CCCN(Cc2ccc(C(=O)Nc3cccc(C(=O)c4ccc(C(C)(C)C)cc4)c3)cc2)C1. The number of nitrogens with zero attached hydrogens (tertiary/aromatic N) is 1. The summed E-state index contributed by atoms with van der Waals surface area (Å²) in [7, 11) is 0. The Morgan fingerprint density at radius 3 is 2.26 bits per heavy atom. The van der Waals surface area contributed by atoms with Crippen molar-refractivity contribution in [2.75, 3.05) is 18.4 Å². The highest BCUT2D eigenvalue weighted by atomic mass is 16.1. The summed E-state index contributed by atoms with van der Waals surface area (Å²) in [6, 6.07) is 22.7. The predicted octanol–water partition coefficient (Wildman–Crippen LogP) is 6.70. The summed E-state index contributed by atoms with van der Waals surface area (Å²) in [4.78, 5) is 28.3. The molecule has 0 radical (unpaired) electrons. The lowest BCUT2D eigenvalue weighted by atomic mass is 9.86. The van der Waals surface area contributed by atoms with Gasteiger partial charge < -0.3 is 5.32 Å². The van der Waals surface area contributed by atoms with Crippen molar-refractivity contribution in [2.24, 2.45) is 5.92 Å². The third-order valence-electron chi connectivity index (χ3n) is 6.76. The number of hydrogen-bond acceptors (Lipinski definition) is 3. The van der Waals surface area contributed by atoms with Gasteiger partial charge >= 0.3 is 0 Å². The first-order valence-corrected chi connectivity index (χ1v) is 12.6. The average Bonchev–Trinajstić information content (AvgIpc) is 2.84. The molecule has 1 N–H and O–H groups in total. The molecule has 1 amide bonds. The standard InChI is InChI=1S/C31H36N2O2/c1-22-7-6-18-33(20-22)21-23-10-12-25(13-11-23)30(35)32-28-9-5-8-26(19-28)29(34)24-14-16-27(17-15-24)31(2,3)4/h5,8-17,19,22H,6-7,18,20-21H2,1-4H3,(H,32,35)/t22-/m0/s1. The maximum absolute atomic E-state index is 13.0. The number of hydrogen-bond donors (Lipinski definition) is 1. The zero-order valence-electron chi connectivity index (χ0n) is 21.3. The van der Waals surface area contributed by atoms with E-state index >= 15 is 0 Å². The van der Waals surface area contributed by atoms with E-state index < -0.39 is 0 Å². The van der Waals surface area contributed by atoms with Gasteiger partial charge in [0.05, 0.1) is 0 Å².